The van der Waals surface area contributed by atoms with Gasteiger partial charge >= 0.3 is 23.9 Å². The summed E-state index contributed by atoms with van der Waals surface area (Å²) in [6, 6.07) is 9.53. The summed E-state index contributed by atoms with van der Waals surface area (Å²) in [5.74, 6) is -1.79. The summed E-state index contributed by atoms with van der Waals surface area (Å²) in [5.41, 5.74) is -6.49. The Bertz CT molecular complexity index is 1000. The van der Waals surface area contributed by atoms with E-state index in [1.807, 2.05) is 0 Å². The molecule has 2 rings (SSSR count). The second kappa shape index (κ2) is 8.40. The predicted molar refractivity (Wildman–Crippen MR) is 98.6 cm³/mol. The van der Waals surface area contributed by atoms with Gasteiger partial charge in [0.25, 0.3) is 10.0 Å². The number of carbonyl (C=O) groups excluding carboxylic acids is 1. The average Bonchev–Trinajstić information content (AvgIpc) is 2.66. The van der Waals surface area contributed by atoms with Crippen LogP contribution in [0, 0.1) is 0 Å². The van der Waals surface area contributed by atoms with Gasteiger partial charge in [0, 0.05) is 19.0 Å². The third kappa shape index (κ3) is 4.48. The lowest BCUT2D eigenvalue weighted by molar-refractivity contribution is -0.377. The first-order valence-electron chi connectivity index (χ1n) is 8.70. The number of esters is 1. The van der Waals surface area contributed by atoms with Crippen molar-refractivity contribution in [3.63, 3.8) is 0 Å². The quantitative estimate of drug-likeness (QED) is 0.451. The summed E-state index contributed by atoms with van der Waals surface area (Å²) in [5, 5.41) is 0. The number of hydrogen-bond donors (Lipinski definition) is 0. The molecule has 0 aromatic heterocycles. The molecule has 2 aromatic carbocycles. The Hall–Kier alpha value is -2.76. The molecule has 0 aliphatic heterocycles. The molecule has 0 atom stereocenters. The molecule has 0 fully saturated rings. The van der Waals surface area contributed by atoms with E-state index in [1.165, 1.54) is 31.2 Å². The van der Waals surface area contributed by atoms with Crippen LogP contribution in [0.2, 0.25) is 0 Å². The van der Waals surface area contributed by atoms with Gasteiger partial charge in [-0.2, -0.15) is 26.3 Å². The van der Waals surface area contributed by atoms with Crippen molar-refractivity contribution < 1.29 is 44.3 Å². The average molecular weight is 469 g/mol. The molecule has 0 aliphatic carbocycles. The Morgan fingerprint density at radius 3 is 1.77 bits per heavy atom. The molecular weight excluding hydrogens is 452 g/mol. The molecule has 0 bridgehead atoms. The van der Waals surface area contributed by atoms with Gasteiger partial charge in [-0.3, -0.25) is 9.10 Å². The molecule has 2 aromatic rings. The van der Waals surface area contributed by atoms with Gasteiger partial charge in [-0.25, -0.2) is 8.42 Å². The van der Waals surface area contributed by atoms with Crippen LogP contribution >= 0.6 is 0 Å². The molecule has 31 heavy (non-hydrogen) atoms. The summed E-state index contributed by atoms with van der Waals surface area (Å²) >= 11 is 0. The normalized spacial score (nSPS) is 13.0. The third-order valence-electron chi connectivity index (χ3n) is 4.28. The molecule has 0 heterocycles. The van der Waals surface area contributed by atoms with Crippen LogP contribution < -0.4 is 4.31 Å². The number of halogens is 6. The van der Waals surface area contributed by atoms with Gasteiger partial charge in [-0.1, -0.05) is 30.3 Å². The largest absolute Gasteiger partial charge is 0.442 e. The van der Waals surface area contributed by atoms with Crippen molar-refractivity contribution in [3.05, 3.63) is 60.2 Å². The zero-order valence-electron chi connectivity index (χ0n) is 16.2. The smallest absolute Gasteiger partial charge is 0.435 e. The molecule has 0 aliphatic rings. The van der Waals surface area contributed by atoms with E-state index in [4.69, 9.17) is 0 Å². The third-order valence-corrected chi connectivity index (χ3v) is 6.19. The number of sulfonamides is 1. The molecule has 12 heteroatoms. The first kappa shape index (κ1) is 24.5. The maximum atomic E-state index is 13.5. The van der Waals surface area contributed by atoms with Crippen molar-refractivity contribution in [1.82, 2.24) is 0 Å². The van der Waals surface area contributed by atoms with Crippen LogP contribution in [0.1, 0.15) is 19.4 Å². The lowest BCUT2D eigenvalue weighted by Crippen LogP contribution is -2.56. The Morgan fingerprint density at radius 2 is 1.39 bits per heavy atom. The highest BCUT2D eigenvalue weighted by Gasteiger charge is 2.75. The minimum absolute atomic E-state index is 0.110. The van der Waals surface area contributed by atoms with Crippen LogP contribution in [-0.4, -0.2) is 33.3 Å². The second-order valence-corrected chi connectivity index (χ2v) is 8.16. The van der Waals surface area contributed by atoms with Gasteiger partial charge in [-0.05, 0) is 31.2 Å². The molecule has 0 unspecified atom stereocenters. The topological polar surface area (TPSA) is 63.7 Å². The van der Waals surface area contributed by atoms with Crippen molar-refractivity contribution in [3.8, 4) is 0 Å². The standard InChI is InChI=1S/C19H17F6NO4S/c1-3-26(31(28,29)16-7-5-4-6-8-16)15-11-9-14(10-12-15)17(18(20,21)22,19(23,24)25)30-13(2)27/h4-12H,3H2,1-2H3. The van der Waals surface area contributed by atoms with Crippen molar-refractivity contribution >= 4 is 21.7 Å². The van der Waals surface area contributed by atoms with Crippen LogP contribution in [-0.2, 0) is 25.2 Å². The predicted octanol–water partition coefficient (Wildman–Crippen LogP) is 4.78. The van der Waals surface area contributed by atoms with Crippen LogP contribution in [0.4, 0.5) is 32.0 Å². The molecule has 5 nitrogen and oxygen atoms in total. The Balaban J connectivity index is 2.61. The fourth-order valence-corrected chi connectivity index (χ4v) is 4.45. The zero-order valence-corrected chi connectivity index (χ0v) is 17.0. The van der Waals surface area contributed by atoms with E-state index >= 15 is 0 Å². The van der Waals surface area contributed by atoms with Gasteiger partial charge in [0.15, 0.2) is 0 Å². The minimum atomic E-state index is -6.03. The van der Waals surface area contributed by atoms with Gasteiger partial charge < -0.3 is 4.74 Å². The molecule has 0 saturated heterocycles. The van der Waals surface area contributed by atoms with Crippen LogP contribution in [0.3, 0.4) is 0 Å². The number of alkyl halides is 6. The number of anilines is 1. The molecule has 0 spiro atoms. The molecule has 0 radical (unpaired) electrons. The van der Waals surface area contributed by atoms with E-state index in [0.29, 0.717) is 19.1 Å². The van der Waals surface area contributed by atoms with Gasteiger partial charge in [0.2, 0.25) is 0 Å². The summed E-state index contributed by atoms with van der Waals surface area (Å²) in [6.45, 7) is 1.72. The maximum Gasteiger partial charge on any atom is 0.442 e. The zero-order chi connectivity index (χ0) is 23.7. The van der Waals surface area contributed by atoms with Crippen LogP contribution in [0.15, 0.2) is 59.5 Å². The number of hydrogen-bond acceptors (Lipinski definition) is 4. The minimum Gasteiger partial charge on any atom is -0.435 e. The SMILES string of the molecule is CCN(c1ccc(C(OC(C)=O)(C(F)(F)F)C(F)(F)F)cc1)S(=O)(=O)c1ccccc1. The van der Waals surface area contributed by atoms with E-state index < -0.39 is 39.5 Å². The Morgan fingerprint density at radius 1 is 0.903 bits per heavy atom. The summed E-state index contributed by atoms with van der Waals surface area (Å²) in [7, 11) is -4.12. The first-order valence-corrected chi connectivity index (χ1v) is 10.1. The second-order valence-electron chi connectivity index (χ2n) is 6.30. The van der Waals surface area contributed by atoms with E-state index in [-0.39, 0.29) is 17.1 Å². The highest BCUT2D eigenvalue weighted by molar-refractivity contribution is 7.92. The summed E-state index contributed by atoms with van der Waals surface area (Å²) in [4.78, 5) is 11.0. The van der Waals surface area contributed by atoms with Gasteiger partial charge in [-0.15, -0.1) is 0 Å². The highest BCUT2D eigenvalue weighted by Crippen LogP contribution is 2.53. The van der Waals surface area contributed by atoms with Gasteiger partial charge in [0.05, 0.1) is 10.6 Å². The van der Waals surface area contributed by atoms with Gasteiger partial charge in [0.1, 0.15) is 0 Å². The monoisotopic (exact) mass is 469 g/mol. The molecule has 0 amide bonds. The summed E-state index contributed by atoms with van der Waals surface area (Å²) < 4.78 is 112. The Kier molecular flexibility index (Phi) is 6.64. The van der Waals surface area contributed by atoms with E-state index in [1.54, 1.807) is 6.07 Å². The lowest BCUT2D eigenvalue weighted by Gasteiger charge is -2.36. The number of carbonyl (C=O) groups is 1. The molecule has 0 N–H and O–H groups in total. The maximum absolute atomic E-state index is 13.5. The van der Waals surface area contributed by atoms with Crippen LogP contribution in [0.25, 0.3) is 0 Å². The van der Waals surface area contributed by atoms with E-state index in [2.05, 4.69) is 4.74 Å². The first-order chi connectivity index (χ1) is 14.2. The number of nitrogens with zero attached hydrogens (tertiary/aromatic N) is 1. The molecular formula is C19H17F6NO4S. The molecule has 170 valence electrons. The van der Waals surface area contributed by atoms with Crippen molar-refractivity contribution in [2.24, 2.45) is 0 Å². The van der Waals surface area contributed by atoms with Crippen molar-refractivity contribution in [2.75, 3.05) is 10.8 Å². The fourth-order valence-electron chi connectivity index (χ4n) is 2.95. The fraction of sp³-hybridized carbons (Fsp3) is 0.316. The number of rotatable bonds is 6. The van der Waals surface area contributed by atoms with Crippen molar-refractivity contribution in [2.45, 2.75) is 36.7 Å². The molecule has 0 saturated carbocycles. The van der Waals surface area contributed by atoms with Crippen LogP contribution in [0.5, 0.6) is 0 Å². The number of benzene rings is 2. The van der Waals surface area contributed by atoms with E-state index in [9.17, 15) is 39.6 Å². The highest BCUT2D eigenvalue weighted by atomic mass is 32.2. The summed E-state index contributed by atoms with van der Waals surface area (Å²) in [6.07, 6.45) is -12.1. The van der Waals surface area contributed by atoms with E-state index in [0.717, 1.165) is 16.4 Å². The van der Waals surface area contributed by atoms with Crippen molar-refractivity contribution in [1.29, 1.82) is 0 Å². The lowest BCUT2D eigenvalue weighted by atomic mass is 9.91. The Labute approximate surface area is 174 Å². The number of ether oxygens (including phenoxy) is 1.